The molecule has 3 aromatic carbocycles. The van der Waals surface area contributed by atoms with E-state index in [1.165, 1.54) is 11.8 Å². The number of alkyl halides is 3. The number of anilines is 2. The van der Waals surface area contributed by atoms with Crippen molar-refractivity contribution in [2.75, 3.05) is 16.4 Å². The first kappa shape index (κ1) is 23.7. The molecular weight excluding hydrogens is 461 g/mol. The van der Waals surface area contributed by atoms with Crippen LogP contribution in [0.1, 0.15) is 21.5 Å². The van der Waals surface area contributed by atoms with Crippen LogP contribution in [0.2, 0.25) is 5.02 Å². The van der Waals surface area contributed by atoms with Gasteiger partial charge in [0.15, 0.2) is 0 Å². The van der Waals surface area contributed by atoms with Crippen molar-refractivity contribution in [2.24, 2.45) is 0 Å². The molecule has 9 heteroatoms. The molecule has 0 radical (unpaired) electrons. The second-order valence-corrected chi connectivity index (χ2v) is 8.33. The standard InChI is InChI=1S/C23H18ClF3N2O2S/c1-14-3-2-4-15(11-14)22(31)28-17-6-8-18(9-7-17)32-13-21(30)29-20-12-16(23(25,26)27)5-10-19(20)24/h2-12H,13H2,1H3,(H,28,31)(H,29,30). The van der Waals surface area contributed by atoms with E-state index < -0.39 is 17.6 Å². The summed E-state index contributed by atoms with van der Waals surface area (Å²) in [6, 6.07) is 16.9. The fraction of sp³-hybridized carbons (Fsp3) is 0.130. The summed E-state index contributed by atoms with van der Waals surface area (Å²) in [7, 11) is 0. The molecule has 0 fully saturated rings. The summed E-state index contributed by atoms with van der Waals surface area (Å²) >= 11 is 7.10. The lowest BCUT2D eigenvalue weighted by molar-refractivity contribution is -0.137. The van der Waals surface area contributed by atoms with Crippen molar-refractivity contribution in [3.8, 4) is 0 Å². The molecule has 0 saturated heterocycles. The highest BCUT2D eigenvalue weighted by atomic mass is 35.5. The Morgan fingerprint density at radius 3 is 2.34 bits per heavy atom. The topological polar surface area (TPSA) is 58.2 Å². The van der Waals surface area contributed by atoms with Crippen molar-refractivity contribution in [3.63, 3.8) is 0 Å². The summed E-state index contributed by atoms with van der Waals surface area (Å²) in [4.78, 5) is 25.2. The van der Waals surface area contributed by atoms with Crippen molar-refractivity contribution in [1.29, 1.82) is 0 Å². The smallest absolute Gasteiger partial charge is 0.324 e. The molecule has 0 aliphatic heterocycles. The van der Waals surface area contributed by atoms with Crippen LogP contribution in [0.3, 0.4) is 0 Å². The van der Waals surface area contributed by atoms with Gasteiger partial charge in [0.05, 0.1) is 22.0 Å². The number of rotatable bonds is 6. The van der Waals surface area contributed by atoms with Crippen LogP contribution in [-0.2, 0) is 11.0 Å². The molecule has 0 saturated carbocycles. The minimum absolute atomic E-state index is 0.0186. The van der Waals surface area contributed by atoms with Crippen LogP contribution >= 0.6 is 23.4 Å². The monoisotopic (exact) mass is 478 g/mol. The fourth-order valence-corrected chi connectivity index (χ4v) is 3.62. The van der Waals surface area contributed by atoms with Gasteiger partial charge in [-0.2, -0.15) is 13.2 Å². The number of halogens is 4. The molecule has 0 spiro atoms. The maximum absolute atomic E-state index is 12.8. The zero-order chi connectivity index (χ0) is 23.3. The van der Waals surface area contributed by atoms with Crippen LogP contribution in [0.25, 0.3) is 0 Å². The molecule has 2 amide bonds. The fourth-order valence-electron chi connectivity index (χ4n) is 2.76. The maximum Gasteiger partial charge on any atom is 0.416 e. The molecule has 0 aromatic heterocycles. The maximum atomic E-state index is 12.8. The van der Waals surface area contributed by atoms with E-state index >= 15 is 0 Å². The average Bonchev–Trinajstić information content (AvgIpc) is 2.74. The van der Waals surface area contributed by atoms with E-state index in [4.69, 9.17) is 11.6 Å². The lowest BCUT2D eigenvalue weighted by Gasteiger charge is -2.11. The quantitative estimate of drug-likeness (QED) is 0.390. The Hall–Kier alpha value is -2.97. The van der Waals surface area contributed by atoms with Crippen LogP contribution in [0, 0.1) is 6.92 Å². The van der Waals surface area contributed by atoms with Gasteiger partial charge in [-0.05, 0) is 61.5 Å². The molecule has 32 heavy (non-hydrogen) atoms. The Morgan fingerprint density at radius 1 is 0.969 bits per heavy atom. The molecule has 3 rings (SSSR count). The van der Waals surface area contributed by atoms with Gasteiger partial charge in [-0.25, -0.2) is 0 Å². The molecule has 0 bridgehead atoms. The zero-order valence-electron chi connectivity index (χ0n) is 16.8. The van der Waals surface area contributed by atoms with Gasteiger partial charge in [0.2, 0.25) is 5.91 Å². The Bertz CT molecular complexity index is 1130. The van der Waals surface area contributed by atoms with Crippen LogP contribution in [0.15, 0.2) is 71.6 Å². The van der Waals surface area contributed by atoms with E-state index in [0.717, 1.165) is 28.7 Å². The Kier molecular flexibility index (Phi) is 7.48. The van der Waals surface area contributed by atoms with Crippen LogP contribution in [-0.4, -0.2) is 17.6 Å². The van der Waals surface area contributed by atoms with Crippen molar-refractivity contribution in [2.45, 2.75) is 18.0 Å². The molecule has 0 heterocycles. The van der Waals surface area contributed by atoms with Crippen molar-refractivity contribution in [1.82, 2.24) is 0 Å². The molecule has 4 nitrogen and oxygen atoms in total. The third-order valence-electron chi connectivity index (χ3n) is 4.33. The average molecular weight is 479 g/mol. The number of aryl methyl sites for hydroxylation is 1. The predicted octanol–water partition coefficient (Wildman–Crippen LogP) is 6.65. The van der Waals surface area contributed by atoms with Gasteiger partial charge in [-0.1, -0.05) is 29.3 Å². The van der Waals surface area contributed by atoms with Gasteiger partial charge in [0.1, 0.15) is 0 Å². The Labute approximate surface area is 192 Å². The van der Waals surface area contributed by atoms with Crippen LogP contribution in [0.4, 0.5) is 24.5 Å². The summed E-state index contributed by atoms with van der Waals surface area (Å²) in [5, 5.41) is 5.22. The second-order valence-electron chi connectivity index (χ2n) is 6.88. The SMILES string of the molecule is Cc1cccc(C(=O)Nc2ccc(SCC(=O)Nc3cc(C(F)(F)F)ccc3Cl)cc2)c1. The van der Waals surface area contributed by atoms with Crippen LogP contribution in [0.5, 0.6) is 0 Å². The van der Waals surface area contributed by atoms with Gasteiger partial charge >= 0.3 is 6.18 Å². The number of carbonyl (C=O) groups is 2. The first-order chi connectivity index (χ1) is 15.1. The van der Waals surface area contributed by atoms with Gasteiger partial charge in [-0.15, -0.1) is 11.8 Å². The lowest BCUT2D eigenvalue weighted by Crippen LogP contribution is -2.15. The number of nitrogens with one attached hydrogen (secondary N) is 2. The summed E-state index contributed by atoms with van der Waals surface area (Å²) in [6.07, 6.45) is -4.53. The molecule has 3 aromatic rings. The van der Waals surface area contributed by atoms with Crippen LogP contribution < -0.4 is 10.6 Å². The normalized spacial score (nSPS) is 11.2. The summed E-state index contributed by atoms with van der Waals surface area (Å²) in [5.74, 6) is -0.749. The molecule has 0 atom stereocenters. The highest BCUT2D eigenvalue weighted by Crippen LogP contribution is 2.34. The number of amides is 2. The van der Waals surface area contributed by atoms with Gasteiger partial charge in [0, 0.05) is 16.1 Å². The van der Waals surface area contributed by atoms with Crippen molar-refractivity contribution >= 4 is 46.6 Å². The zero-order valence-corrected chi connectivity index (χ0v) is 18.4. The van der Waals surface area contributed by atoms with E-state index in [-0.39, 0.29) is 22.4 Å². The minimum atomic E-state index is -4.53. The highest BCUT2D eigenvalue weighted by molar-refractivity contribution is 8.00. The highest BCUT2D eigenvalue weighted by Gasteiger charge is 2.31. The first-order valence-corrected chi connectivity index (χ1v) is 10.8. The molecule has 166 valence electrons. The number of thioether (sulfide) groups is 1. The van der Waals surface area contributed by atoms with Gasteiger partial charge < -0.3 is 10.6 Å². The number of benzene rings is 3. The molecular formula is C23H18ClF3N2O2S. The van der Waals surface area contributed by atoms with Crippen molar-refractivity contribution < 1.29 is 22.8 Å². The lowest BCUT2D eigenvalue weighted by atomic mass is 10.1. The summed E-state index contributed by atoms with van der Waals surface area (Å²) in [6.45, 7) is 1.90. The molecule has 0 unspecified atom stereocenters. The summed E-state index contributed by atoms with van der Waals surface area (Å²) < 4.78 is 38.5. The first-order valence-electron chi connectivity index (χ1n) is 9.39. The number of hydrogen-bond donors (Lipinski definition) is 2. The van der Waals surface area contributed by atoms with E-state index in [2.05, 4.69) is 10.6 Å². The Morgan fingerprint density at radius 2 is 1.69 bits per heavy atom. The molecule has 0 aliphatic rings. The minimum Gasteiger partial charge on any atom is -0.324 e. The van der Waals surface area contributed by atoms with E-state index in [9.17, 15) is 22.8 Å². The summed E-state index contributed by atoms with van der Waals surface area (Å²) in [5.41, 5.74) is 1.14. The second kappa shape index (κ2) is 10.1. The third-order valence-corrected chi connectivity index (χ3v) is 5.67. The molecule has 2 N–H and O–H groups in total. The number of hydrogen-bond acceptors (Lipinski definition) is 3. The third kappa shape index (κ3) is 6.51. The Balaban J connectivity index is 1.55. The molecule has 0 aliphatic carbocycles. The van der Waals surface area contributed by atoms with Gasteiger partial charge in [-0.3, -0.25) is 9.59 Å². The number of carbonyl (C=O) groups excluding carboxylic acids is 2. The largest absolute Gasteiger partial charge is 0.416 e. The van der Waals surface area contributed by atoms with Gasteiger partial charge in [0.25, 0.3) is 5.91 Å². The van der Waals surface area contributed by atoms with E-state index in [0.29, 0.717) is 11.3 Å². The van der Waals surface area contributed by atoms with E-state index in [1.807, 2.05) is 19.1 Å². The van der Waals surface area contributed by atoms with Crippen molar-refractivity contribution in [3.05, 3.63) is 88.4 Å². The predicted molar refractivity (Wildman–Crippen MR) is 121 cm³/mol. The van der Waals surface area contributed by atoms with E-state index in [1.54, 1.807) is 36.4 Å².